The van der Waals surface area contributed by atoms with E-state index in [1.54, 1.807) is 13.3 Å². The van der Waals surface area contributed by atoms with Gasteiger partial charge in [0.2, 0.25) is 0 Å². The molecule has 0 aromatic carbocycles. The first-order valence-corrected chi connectivity index (χ1v) is 5.66. The smallest absolute Gasteiger partial charge is 0.256 e. The largest absolute Gasteiger partial charge is 0.483 e. The standard InChI is InChI=1S/C10H13BrN2O2/c1-14-10-9(4-7(11)5-13-10)15-8-2-3-12-6-8/h4-5,8,12H,2-3,6H2,1H3. The molecule has 2 rings (SSSR count). The lowest BCUT2D eigenvalue weighted by molar-refractivity contribution is 0.210. The highest BCUT2D eigenvalue weighted by molar-refractivity contribution is 9.10. The summed E-state index contributed by atoms with van der Waals surface area (Å²) in [5, 5.41) is 3.25. The molecule has 0 bridgehead atoms. The predicted molar refractivity (Wildman–Crippen MR) is 60.4 cm³/mol. The highest BCUT2D eigenvalue weighted by Gasteiger charge is 2.18. The quantitative estimate of drug-likeness (QED) is 0.908. The van der Waals surface area contributed by atoms with Crippen LogP contribution in [0.3, 0.4) is 0 Å². The molecule has 1 aromatic heterocycles. The van der Waals surface area contributed by atoms with E-state index in [-0.39, 0.29) is 6.10 Å². The minimum absolute atomic E-state index is 0.218. The van der Waals surface area contributed by atoms with Gasteiger partial charge in [-0.3, -0.25) is 0 Å². The normalized spacial score (nSPS) is 20.3. The monoisotopic (exact) mass is 272 g/mol. The third kappa shape index (κ3) is 2.60. The van der Waals surface area contributed by atoms with Crippen LogP contribution >= 0.6 is 15.9 Å². The van der Waals surface area contributed by atoms with Gasteiger partial charge in [-0.05, 0) is 28.9 Å². The number of pyridine rings is 1. The molecule has 1 fully saturated rings. The molecule has 15 heavy (non-hydrogen) atoms. The number of methoxy groups -OCH3 is 1. The average Bonchev–Trinajstić information content (AvgIpc) is 2.71. The van der Waals surface area contributed by atoms with Crippen molar-refractivity contribution >= 4 is 15.9 Å². The van der Waals surface area contributed by atoms with Gasteiger partial charge in [-0.25, -0.2) is 4.98 Å². The summed E-state index contributed by atoms with van der Waals surface area (Å²) < 4.78 is 11.8. The van der Waals surface area contributed by atoms with E-state index in [0.29, 0.717) is 11.6 Å². The predicted octanol–water partition coefficient (Wildman–Crippen LogP) is 1.59. The second kappa shape index (κ2) is 4.81. The molecule has 0 saturated carbocycles. The van der Waals surface area contributed by atoms with Gasteiger partial charge in [-0.1, -0.05) is 0 Å². The van der Waals surface area contributed by atoms with Crippen LogP contribution in [0.1, 0.15) is 6.42 Å². The first kappa shape index (κ1) is 10.7. The van der Waals surface area contributed by atoms with Gasteiger partial charge in [-0.2, -0.15) is 0 Å². The molecule has 0 amide bonds. The van der Waals surface area contributed by atoms with Crippen LogP contribution in [0, 0.1) is 0 Å². The average molecular weight is 273 g/mol. The number of nitrogens with zero attached hydrogens (tertiary/aromatic N) is 1. The third-order valence-corrected chi connectivity index (χ3v) is 2.72. The first-order valence-electron chi connectivity index (χ1n) is 4.86. The summed E-state index contributed by atoms with van der Waals surface area (Å²) in [4.78, 5) is 4.12. The van der Waals surface area contributed by atoms with Crippen molar-refractivity contribution in [1.29, 1.82) is 0 Å². The van der Waals surface area contributed by atoms with Crippen molar-refractivity contribution in [1.82, 2.24) is 10.3 Å². The highest BCUT2D eigenvalue weighted by Crippen LogP contribution is 2.28. The fourth-order valence-electron chi connectivity index (χ4n) is 1.55. The molecule has 2 heterocycles. The van der Waals surface area contributed by atoms with Gasteiger partial charge in [-0.15, -0.1) is 0 Å². The van der Waals surface area contributed by atoms with E-state index < -0.39 is 0 Å². The summed E-state index contributed by atoms with van der Waals surface area (Å²) in [6.45, 7) is 1.89. The van der Waals surface area contributed by atoms with E-state index in [0.717, 1.165) is 24.0 Å². The lowest BCUT2D eigenvalue weighted by Crippen LogP contribution is -2.20. The van der Waals surface area contributed by atoms with E-state index in [2.05, 4.69) is 26.2 Å². The molecule has 82 valence electrons. The van der Waals surface area contributed by atoms with Gasteiger partial charge in [0.25, 0.3) is 5.88 Å². The van der Waals surface area contributed by atoms with Crippen molar-refractivity contribution < 1.29 is 9.47 Å². The summed E-state index contributed by atoms with van der Waals surface area (Å²) in [6, 6.07) is 1.88. The Morgan fingerprint density at radius 3 is 3.13 bits per heavy atom. The van der Waals surface area contributed by atoms with Gasteiger partial charge in [0, 0.05) is 23.3 Å². The van der Waals surface area contributed by atoms with Gasteiger partial charge in [0.15, 0.2) is 5.75 Å². The maximum atomic E-state index is 5.80. The van der Waals surface area contributed by atoms with E-state index >= 15 is 0 Å². The van der Waals surface area contributed by atoms with Crippen LogP contribution in [0.15, 0.2) is 16.7 Å². The maximum Gasteiger partial charge on any atom is 0.256 e. The molecule has 1 N–H and O–H groups in total. The van der Waals surface area contributed by atoms with Gasteiger partial charge >= 0.3 is 0 Å². The van der Waals surface area contributed by atoms with Crippen molar-refractivity contribution in [3.05, 3.63) is 16.7 Å². The zero-order chi connectivity index (χ0) is 10.7. The lowest BCUT2D eigenvalue weighted by Gasteiger charge is -2.14. The number of hydrogen-bond donors (Lipinski definition) is 1. The lowest BCUT2D eigenvalue weighted by atomic mass is 10.3. The Balaban J connectivity index is 2.14. The molecule has 0 aliphatic carbocycles. The molecule has 1 unspecified atom stereocenters. The molecule has 4 nitrogen and oxygen atoms in total. The first-order chi connectivity index (χ1) is 7.29. The number of rotatable bonds is 3. The van der Waals surface area contributed by atoms with E-state index in [9.17, 15) is 0 Å². The summed E-state index contributed by atoms with van der Waals surface area (Å²) in [6.07, 6.45) is 2.93. The maximum absolute atomic E-state index is 5.80. The van der Waals surface area contributed by atoms with Gasteiger partial charge in [0.1, 0.15) is 6.10 Å². The third-order valence-electron chi connectivity index (χ3n) is 2.29. The molecule has 1 atom stereocenters. The van der Waals surface area contributed by atoms with Crippen LogP contribution < -0.4 is 14.8 Å². The summed E-state index contributed by atoms with van der Waals surface area (Å²) >= 11 is 3.36. The molecular weight excluding hydrogens is 260 g/mol. The van der Waals surface area contributed by atoms with Crippen LogP contribution in [0.2, 0.25) is 0 Å². The van der Waals surface area contributed by atoms with Crippen LogP contribution in [0.5, 0.6) is 11.6 Å². The van der Waals surface area contributed by atoms with Crippen molar-refractivity contribution in [2.24, 2.45) is 0 Å². The zero-order valence-corrected chi connectivity index (χ0v) is 10.1. The van der Waals surface area contributed by atoms with E-state index in [1.807, 2.05) is 6.07 Å². The van der Waals surface area contributed by atoms with Gasteiger partial charge in [0.05, 0.1) is 7.11 Å². The summed E-state index contributed by atoms with van der Waals surface area (Å²) in [5.41, 5.74) is 0. The number of nitrogens with one attached hydrogen (secondary N) is 1. The van der Waals surface area contributed by atoms with Gasteiger partial charge < -0.3 is 14.8 Å². The second-order valence-corrected chi connectivity index (χ2v) is 4.31. The number of ether oxygens (including phenoxy) is 2. The fraction of sp³-hybridized carbons (Fsp3) is 0.500. The number of halogens is 1. The van der Waals surface area contributed by atoms with Crippen LogP contribution in [0.25, 0.3) is 0 Å². The van der Waals surface area contributed by atoms with Crippen LogP contribution in [0.4, 0.5) is 0 Å². The molecule has 1 aliphatic heterocycles. The fourth-order valence-corrected chi connectivity index (χ4v) is 1.86. The molecule has 1 saturated heterocycles. The summed E-state index contributed by atoms with van der Waals surface area (Å²) in [5.74, 6) is 1.23. The minimum atomic E-state index is 0.218. The number of aromatic nitrogens is 1. The van der Waals surface area contributed by atoms with Crippen molar-refractivity contribution in [3.8, 4) is 11.6 Å². The van der Waals surface area contributed by atoms with Crippen LogP contribution in [-0.2, 0) is 0 Å². The molecule has 1 aromatic rings. The van der Waals surface area contributed by atoms with E-state index in [1.165, 1.54) is 0 Å². The molecule has 0 spiro atoms. The number of hydrogen-bond acceptors (Lipinski definition) is 4. The molecule has 1 aliphatic rings. The minimum Gasteiger partial charge on any atom is -0.483 e. The molecule has 0 radical (unpaired) electrons. The van der Waals surface area contributed by atoms with Crippen LogP contribution in [-0.4, -0.2) is 31.3 Å². The topological polar surface area (TPSA) is 43.4 Å². The van der Waals surface area contributed by atoms with Crippen molar-refractivity contribution in [2.75, 3.05) is 20.2 Å². The Bertz CT molecular complexity index is 340. The summed E-state index contributed by atoms with van der Waals surface area (Å²) in [7, 11) is 1.59. The Kier molecular flexibility index (Phi) is 3.43. The Morgan fingerprint density at radius 2 is 2.47 bits per heavy atom. The zero-order valence-electron chi connectivity index (χ0n) is 8.50. The SMILES string of the molecule is COc1ncc(Br)cc1OC1CCNC1. The Labute approximate surface area is 97.1 Å². The van der Waals surface area contributed by atoms with Crippen molar-refractivity contribution in [2.45, 2.75) is 12.5 Å². The van der Waals surface area contributed by atoms with Crippen molar-refractivity contribution in [3.63, 3.8) is 0 Å². The second-order valence-electron chi connectivity index (χ2n) is 3.39. The molecule has 5 heteroatoms. The molecular formula is C10H13BrN2O2. The van der Waals surface area contributed by atoms with E-state index in [4.69, 9.17) is 9.47 Å². The Hall–Kier alpha value is -0.810. The Morgan fingerprint density at radius 1 is 1.60 bits per heavy atom. The highest BCUT2D eigenvalue weighted by atomic mass is 79.9.